The summed E-state index contributed by atoms with van der Waals surface area (Å²) in [5.41, 5.74) is 9.07. The Labute approximate surface area is 121 Å². The number of ether oxygens (including phenoxy) is 1. The molecule has 0 aromatic heterocycles. The molecule has 20 heavy (non-hydrogen) atoms. The molecule has 0 unspecified atom stereocenters. The summed E-state index contributed by atoms with van der Waals surface area (Å²) in [5, 5.41) is 0. The molecule has 0 saturated heterocycles. The van der Waals surface area contributed by atoms with E-state index >= 15 is 0 Å². The predicted molar refractivity (Wildman–Crippen MR) is 85.2 cm³/mol. The lowest BCUT2D eigenvalue weighted by atomic mass is 9.86. The molecular formula is C18H23NO. The zero-order valence-corrected chi connectivity index (χ0v) is 12.5. The Morgan fingerprint density at radius 1 is 0.950 bits per heavy atom. The van der Waals surface area contributed by atoms with Gasteiger partial charge in [-0.25, -0.2) is 0 Å². The maximum Gasteiger partial charge on any atom is 0.123 e. The number of hydrogen-bond donors (Lipinski definition) is 1. The highest BCUT2D eigenvalue weighted by Crippen LogP contribution is 2.30. The second kappa shape index (κ2) is 6.00. The first kappa shape index (κ1) is 14.4. The molecule has 0 fully saturated rings. The first-order chi connectivity index (χ1) is 9.47. The van der Waals surface area contributed by atoms with Crippen LogP contribution in [0.5, 0.6) is 5.75 Å². The quantitative estimate of drug-likeness (QED) is 0.845. The molecule has 0 aliphatic rings. The van der Waals surface area contributed by atoms with Crippen LogP contribution in [-0.2, 0) is 11.8 Å². The van der Waals surface area contributed by atoms with Crippen LogP contribution in [0.15, 0.2) is 48.5 Å². The van der Waals surface area contributed by atoms with Gasteiger partial charge in [0.05, 0.1) is 6.61 Å². The topological polar surface area (TPSA) is 35.2 Å². The Morgan fingerprint density at radius 3 is 2.25 bits per heavy atom. The number of benzene rings is 2. The van der Waals surface area contributed by atoms with Crippen LogP contribution >= 0.6 is 0 Å². The van der Waals surface area contributed by atoms with E-state index in [2.05, 4.69) is 32.9 Å². The highest BCUT2D eigenvalue weighted by atomic mass is 16.5. The fraction of sp³-hybridized carbons (Fsp3) is 0.333. The fourth-order valence-electron chi connectivity index (χ4n) is 2.18. The van der Waals surface area contributed by atoms with Gasteiger partial charge in [0.15, 0.2) is 0 Å². The van der Waals surface area contributed by atoms with Gasteiger partial charge in [0.2, 0.25) is 0 Å². The molecule has 2 N–H and O–H groups in total. The van der Waals surface area contributed by atoms with E-state index in [0.29, 0.717) is 6.61 Å². The van der Waals surface area contributed by atoms with Crippen LogP contribution in [0.25, 0.3) is 0 Å². The first-order valence-electron chi connectivity index (χ1n) is 7.03. The van der Waals surface area contributed by atoms with E-state index < -0.39 is 0 Å². The van der Waals surface area contributed by atoms with Gasteiger partial charge < -0.3 is 10.5 Å². The monoisotopic (exact) mass is 269 g/mol. The van der Waals surface area contributed by atoms with Crippen LogP contribution in [0.3, 0.4) is 0 Å². The Hall–Kier alpha value is -1.96. The van der Waals surface area contributed by atoms with Gasteiger partial charge in [-0.05, 0) is 34.7 Å². The maximum atomic E-state index is 5.97. The van der Waals surface area contributed by atoms with Crippen molar-refractivity contribution in [2.45, 2.75) is 32.6 Å². The molecule has 0 radical (unpaired) electrons. The number of nitrogen functional groups attached to an aromatic ring is 1. The molecule has 2 aromatic carbocycles. The zero-order chi connectivity index (χ0) is 14.6. The van der Waals surface area contributed by atoms with E-state index in [9.17, 15) is 0 Å². The van der Waals surface area contributed by atoms with Gasteiger partial charge in [0.25, 0.3) is 0 Å². The van der Waals surface area contributed by atoms with Gasteiger partial charge in [0, 0.05) is 12.1 Å². The molecule has 0 bridgehead atoms. The van der Waals surface area contributed by atoms with Gasteiger partial charge in [-0.3, -0.25) is 0 Å². The van der Waals surface area contributed by atoms with E-state index in [1.807, 2.05) is 36.4 Å². The average Bonchev–Trinajstić information content (AvgIpc) is 2.40. The fourth-order valence-corrected chi connectivity index (χ4v) is 2.18. The van der Waals surface area contributed by atoms with Crippen molar-refractivity contribution in [2.75, 3.05) is 12.3 Å². The summed E-state index contributed by atoms with van der Waals surface area (Å²) in [6.45, 7) is 7.29. The minimum Gasteiger partial charge on any atom is -0.493 e. The van der Waals surface area contributed by atoms with Crippen LogP contribution in [-0.4, -0.2) is 6.61 Å². The highest BCUT2D eigenvalue weighted by Gasteiger charge is 2.18. The lowest BCUT2D eigenvalue weighted by molar-refractivity contribution is 0.313. The smallest absolute Gasteiger partial charge is 0.123 e. The van der Waals surface area contributed by atoms with E-state index in [0.717, 1.165) is 17.9 Å². The van der Waals surface area contributed by atoms with Crippen molar-refractivity contribution < 1.29 is 4.74 Å². The summed E-state index contributed by atoms with van der Waals surface area (Å²) < 4.78 is 5.97. The van der Waals surface area contributed by atoms with Gasteiger partial charge >= 0.3 is 0 Å². The lowest BCUT2D eigenvalue weighted by Crippen LogP contribution is -2.14. The van der Waals surface area contributed by atoms with Crippen molar-refractivity contribution in [3.8, 4) is 5.75 Å². The minimum absolute atomic E-state index is 0.0950. The second-order valence-electron chi connectivity index (χ2n) is 6.09. The third kappa shape index (κ3) is 3.77. The van der Waals surface area contributed by atoms with Gasteiger partial charge in [-0.15, -0.1) is 0 Å². The molecule has 0 spiro atoms. The Bertz CT molecular complexity index is 552. The van der Waals surface area contributed by atoms with Gasteiger partial charge in [-0.1, -0.05) is 51.1 Å². The van der Waals surface area contributed by atoms with Crippen LogP contribution in [0.1, 0.15) is 31.9 Å². The van der Waals surface area contributed by atoms with Crippen molar-refractivity contribution in [3.63, 3.8) is 0 Å². The van der Waals surface area contributed by atoms with Crippen molar-refractivity contribution in [1.82, 2.24) is 0 Å². The summed E-state index contributed by atoms with van der Waals surface area (Å²) in [6.07, 6.45) is 0.888. The summed E-state index contributed by atoms with van der Waals surface area (Å²) >= 11 is 0. The summed E-state index contributed by atoms with van der Waals surface area (Å²) in [7, 11) is 0. The number of para-hydroxylation sites is 1. The third-order valence-corrected chi connectivity index (χ3v) is 3.32. The highest BCUT2D eigenvalue weighted by molar-refractivity contribution is 5.40. The van der Waals surface area contributed by atoms with E-state index in [-0.39, 0.29) is 5.41 Å². The third-order valence-electron chi connectivity index (χ3n) is 3.32. The summed E-state index contributed by atoms with van der Waals surface area (Å²) in [4.78, 5) is 0. The molecule has 0 atom stereocenters. The SMILES string of the molecule is CC(C)(C)c1ccccc1OCCc1ccc(N)cc1. The minimum atomic E-state index is 0.0950. The Morgan fingerprint density at radius 2 is 1.60 bits per heavy atom. The average molecular weight is 269 g/mol. The zero-order valence-electron chi connectivity index (χ0n) is 12.5. The summed E-state index contributed by atoms with van der Waals surface area (Å²) in [6, 6.07) is 16.2. The molecular weight excluding hydrogens is 246 g/mol. The normalized spacial score (nSPS) is 11.3. The number of anilines is 1. The molecule has 2 aromatic rings. The van der Waals surface area contributed by atoms with Crippen LogP contribution in [0.2, 0.25) is 0 Å². The van der Waals surface area contributed by atoms with Crippen molar-refractivity contribution in [1.29, 1.82) is 0 Å². The van der Waals surface area contributed by atoms with E-state index in [4.69, 9.17) is 10.5 Å². The lowest BCUT2D eigenvalue weighted by Gasteiger charge is -2.22. The molecule has 0 saturated carbocycles. The molecule has 0 heterocycles. The number of nitrogens with two attached hydrogens (primary N) is 1. The van der Waals surface area contributed by atoms with E-state index in [1.165, 1.54) is 11.1 Å². The molecule has 2 rings (SSSR count). The van der Waals surface area contributed by atoms with Crippen LogP contribution < -0.4 is 10.5 Å². The predicted octanol–water partition coefficient (Wildman–Crippen LogP) is 4.19. The molecule has 2 heteroatoms. The van der Waals surface area contributed by atoms with Gasteiger partial charge in [-0.2, -0.15) is 0 Å². The molecule has 0 amide bonds. The first-order valence-corrected chi connectivity index (χ1v) is 7.03. The van der Waals surface area contributed by atoms with Crippen molar-refractivity contribution in [3.05, 3.63) is 59.7 Å². The van der Waals surface area contributed by atoms with Crippen LogP contribution in [0, 0.1) is 0 Å². The Balaban J connectivity index is 1.99. The largest absolute Gasteiger partial charge is 0.493 e. The standard InChI is InChI=1S/C18H23NO/c1-18(2,3)16-6-4-5-7-17(16)20-13-12-14-8-10-15(19)11-9-14/h4-11H,12-13,19H2,1-3H3. The summed E-state index contributed by atoms with van der Waals surface area (Å²) in [5.74, 6) is 0.982. The Kier molecular flexibility index (Phi) is 4.33. The molecule has 106 valence electrons. The maximum absolute atomic E-state index is 5.97. The van der Waals surface area contributed by atoms with Crippen molar-refractivity contribution >= 4 is 5.69 Å². The van der Waals surface area contributed by atoms with Gasteiger partial charge in [0.1, 0.15) is 5.75 Å². The van der Waals surface area contributed by atoms with Crippen LogP contribution in [0.4, 0.5) is 5.69 Å². The molecule has 2 nitrogen and oxygen atoms in total. The van der Waals surface area contributed by atoms with E-state index in [1.54, 1.807) is 0 Å². The molecule has 0 aliphatic heterocycles. The number of hydrogen-bond acceptors (Lipinski definition) is 2. The number of rotatable bonds is 4. The molecule has 0 aliphatic carbocycles. The second-order valence-corrected chi connectivity index (χ2v) is 6.09. The van der Waals surface area contributed by atoms with Crippen molar-refractivity contribution in [2.24, 2.45) is 0 Å².